The number of anilines is 1. The van der Waals surface area contributed by atoms with Crippen molar-refractivity contribution in [1.29, 1.82) is 0 Å². The molecule has 0 aliphatic carbocycles. The zero-order valence-electron chi connectivity index (χ0n) is 11.3. The maximum Gasteiger partial charge on any atom is 0.276 e. The van der Waals surface area contributed by atoms with Crippen molar-refractivity contribution in [3.05, 3.63) is 33.9 Å². The average Bonchev–Trinajstić information content (AvgIpc) is 2.97. The molecule has 0 spiro atoms. The summed E-state index contributed by atoms with van der Waals surface area (Å²) >= 11 is 1.21. The Morgan fingerprint density at radius 1 is 1.36 bits per heavy atom. The molecule has 1 aromatic carbocycles. The van der Waals surface area contributed by atoms with Crippen molar-refractivity contribution < 1.29 is 14.5 Å². The summed E-state index contributed by atoms with van der Waals surface area (Å²) in [4.78, 5) is 34.9. The molecule has 2 amide bonds. The molecule has 0 unspecified atom stereocenters. The monoisotopic (exact) mass is 319 g/mol. The molecule has 3 rings (SSSR count). The summed E-state index contributed by atoms with van der Waals surface area (Å²) < 4.78 is 0. The second-order valence-electron chi connectivity index (χ2n) is 4.51. The number of amidine groups is 1. The summed E-state index contributed by atoms with van der Waals surface area (Å²) in [5.41, 5.74) is 0.608. The van der Waals surface area contributed by atoms with E-state index in [1.807, 2.05) is 0 Å². The third-order valence-electron chi connectivity index (χ3n) is 3.15. The molecule has 0 saturated carbocycles. The number of fused-ring (bicyclic) bond motifs is 1. The van der Waals surface area contributed by atoms with Gasteiger partial charge in [-0.15, -0.1) is 10.2 Å². The molecule has 10 heteroatoms. The lowest BCUT2D eigenvalue weighted by Crippen LogP contribution is -2.24. The first-order valence-electron chi connectivity index (χ1n) is 6.12. The normalized spacial score (nSPS) is 20.7. The van der Waals surface area contributed by atoms with E-state index in [9.17, 15) is 19.7 Å². The third-order valence-corrected chi connectivity index (χ3v) is 4.16. The fraction of sp³-hybridized carbons (Fsp3) is 0.167. The van der Waals surface area contributed by atoms with Crippen LogP contribution in [0.25, 0.3) is 0 Å². The van der Waals surface area contributed by atoms with Crippen molar-refractivity contribution in [1.82, 2.24) is 4.90 Å². The Morgan fingerprint density at radius 3 is 2.77 bits per heavy atom. The number of benzene rings is 1. The van der Waals surface area contributed by atoms with Crippen LogP contribution in [0.2, 0.25) is 0 Å². The number of amides is 2. The molecule has 2 aliphatic rings. The predicted octanol–water partition coefficient (Wildman–Crippen LogP) is 0.812. The molecule has 112 valence electrons. The SMILES string of the molecule is CN1C(=O)CS/C1=N/N=C1\C(=O)Nc2ccc([N+](=O)[O-])cc21. The Bertz CT molecular complexity index is 773. The maximum atomic E-state index is 11.9. The van der Waals surface area contributed by atoms with E-state index in [-0.39, 0.29) is 23.1 Å². The van der Waals surface area contributed by atoms with Crippen molar-refractivity contribution in [2.24, 2.45) is 10.2 Å². The van der Waals surface area contributed by atoms with Crippen LogP contribution in [-0.4, -0.2) is 45.3 Å². The lowest BCUT2D eigenvalue weighted by atomic mass is 10.1. The summed E-state index contributed by atoms with van der Waals surface area (Å²) in [5.74, 6) is -0.318. The number of nitrogens with zero attached hydrogens (tertiary/aromatic N) is 4. The number of nitro groups is 1. The highest BCUT2D eigenvalue weighted by Crippen LogP contribution is 2.28. The zero-order chi connectivity index (χ0) is 15.9. The van der Waals surface area contributed by atoms with Crippen molar-refractivity contribution in [2.45, 2.75) is 0 Å². The van der Waals surface area contributed by atoms with Crippen molar-refractivity contribution in [2.75, 3.05) is 18.1 Å². The molecule has 2 aliphatic heterocycles. The Labute approximate surface area is 128 Å². The Morgan fingerprint density at radius 2 is 2.14 bits per heavy atom. The summed E-state index contributed by atoms with van der Waals surface area (Å²) in [5, 5.41) is 21.5. The quantitative estimate of drug-likeness (QED) is 0.639. The van der Waals surface area contributed by atoms with Gasteiger partial charge in [-0.3, -0.25) is 24.6 Å². The summed E-state index contributed by atoms with van der Waals surface area (Å²) in [6.45, 7) is 0. The van der Waals surface area contributed by atoms with Gasteiger partial charge < -0.3 is 5.32 Å². The van der Waals surface area contributed by atoms with Gasteiger partial charge >= 0.3 is 0 Å². The van der Waals surface area contributed by atoms with Crippen LogP contribution in [0, 0.1) is 10.1 Å². The lowest BCUT2D eigenvalue weighted by Gasteiger charge is -2.05. The first-order valence-corrected chi connectivity index (χ1v) is 7.11. The number of rotatable bonds is 2. The van der Waals surface area contributed by atoms with Gasteiger partial charge in [-0.2, -0.15) is 0 Å². The topological polar surface area (TPSA) is 117 Å². The van der Waals surface area contributed by atoms with Gasteiger partial charge in [-0.25, -0.2) is 0 Å². The predicted molar refractivity (Wildman–Crippen MR) is 80.9 cm³/mol. The molecule has 0 aromatic heterocycles. The molecular weight excluding hydrogens is 310 g/mol. The number of nitro benzene ring substituents is 1. The smallest absolute Gasteiger partial charge is 0.276 e. The van der Waals surface area contributed by atoms with E-state index in [1.165, 1.54) is 34.9 Å². The molecule has 9 nitrogen and oxygen atoms in total. The first kappa shape index (κ1) is 14.2. The third kappa shape index (κ3) is 2.33. The highest BCUT2D eigenvalue weighted by atomic mass is 32.2. The van der Waals surface area contributed by atoms with Gasteiger partial charge in [-0.05, 0) is 6.07 Å². The Hall–Kier alpha value is -2.75. The molecule has 22 heavy (non-hydrogen) atoms. The van der Waals surface area contributed by atoms with Crippen LogP contribution >= 0.6 is 11.8 Å². The van der Waals surface area contributed by atoms with E-state index in [2.05, 4.69) is 15.5 Å². The maximum absolute atomic E-state index is 11.9. The standard InChI is InChI=1S/C12H9N5O4S/c1-16-9(18)5-22-12(16)15-14-10-7-4-6(17(20)21)2-3-8(7)13-11(10)19/h2-4H,5H2,1H3,(H,13,14,19)/b15-12+. The molecular formula is C12H9N5O4S. The molecule has 1 fully saturated rings. The van der Waals surface area contributed by atoms with E-state index in [4.69, 9.17) is 0 Å². The van der Waals surface area contributed by atoms with Gasteiger partial charge in [0.15, 0.2) is 10.9 Å². The highest BCUT2D eigenvalue weighted by molar-refractivity contribution is 8.15. The first-order chi connectivity index (χ1) is 10.5. The van der Waals surface area contributed by atoms with Crippen molar-refractivity contribution in [3.63, 3.8) is 0 Å². The van der Waals surface area contributed by atoms with E-state index < -0.39 is 10.8 Å². The highest BCUT2D eigenvalue weighted by Gasteiger charge is 2.29. The van der Waals surface area contributed by atoms with Gasteiger partial charge in [0, 0.05) is 24.7 Å². The van der Waals surface area contributed by atoms with Gasteiger partial charge in [0.1, 0.15) is 0 Å². The molecule has 1 N–H and O–H groups in total. The Kier molecular flexibility index (Phi) is 3.37. The fourth-order valence-corrected chi connectivity index (χ4v) is 2.81. The number of non-ortho nitro benzene ring substituents is 1. The number of carbonyl (C=O) groups excluding carboxylic acids is 2. The number of carbonyl (C=O) groups is 2. The molecule has 0 atom stereocenters. The number of hydrogen-bond donors (Lipinski definition) is 1. The van der Waals surface area contributed by atoms with Crippen molar-refractivity contribution in [3.8, 4) is 0 Å². The largest absolute Gasteiger partial charge is 0.320 e. The zero-order valence-corrected chi connectivity index (χ0v) is 12.1. The minimum Gasteiger partial charge on any atom is -0.320 e. The van der Waals surface area contributed by atoms with E-state index in [0.717, 1.165) is 0 Å². The molecule has 2 heterocycles. The van der Waals surface area contributed by atoms with Crippen LogP contribution in [0.1, 0.15) is 5.56 Å². The fourth-order valence-electron chi connectivity index (χ4n) is 1.97. The van der Waals surface area contributed by atoms with E-state index in [1.54, 1.807) is 7.05 Å². The van der Waals surface area contributed by atoms with Crippen LogP contribution < -0.4 is 5.32 Å². The second kappa shape index (κ2) is 5.22. The van der Waals surface area contributed by atoms with Crippen molar-refractivity contribution >= 4 is 45.8 Å². The molecule has 1 saturated heterocycles. The lowest BCUT2D eigenvalue weighted by molar-refractivity contribution is -0.384. The van der Waals surface area contributed by atoms with Crippen LogP contribution in [0.5, 0.6) is 0 Å². The molecule has 0 radical (unpaired) electrons. The molecule has 1 aromatic rings. The summed E-state index contributed by atoms with van der Waals surface area (Å²) in [7, 11) is 1.56. The minimum absolute atomic E-state index is 0.0143. The summed E-state index contributed by atoms with van der Waals surface area (Å²) in [6, 6.07) is 4.01. The molecule has 0 bridgehead atoms. The Balaban J connectivity index is 1.99. The number of hydrogen-bond acceptors (Lipinski definition) is 7. The van der Waals surface area contributed by atoms with Gasteiger partial charge in [0.05, 0.1) is 16.4 Å². The van der Waals surface area contributed by atoms with Crippen LogP contribution in [0.4, 0.5) is 11.4 Å². The van der Waals surface area contributed by atoms with Gasteiger partial charge in [0.2, 0.25) is 5.91 Å². The van der Waals surface area contributed by atoms with E-state index >= 15 is 0 Å². The van der Waals surface area contributed by atoms with Gasteiger partial charge in [-0.1, -0.05) is 11.8 Å². The van der Waals surface area contributed by atoms with Crippen LogP contribution in [-0.2, 0) is 9.59 Å². The second-order valence-corrected chi connectivity index (χ2v) is 5.46. The number of nitrogens with one attached hydrogen (secondary N) is 1. The minimum atomic E-state index is -0.550. The average molecular weight is 319 g/mol. The summed E-state index contributed by atoms with van der Waals surface area (Å²) in [6.07, 6.45) is 0. The van der Waals surface area contributed by atoms with Crippen LogP contribution in [0.3, 0.4) is 0 Å². The van der Waals surface area contributed by atoms with Gasteiger partial charge in [0.25, 0.3) is 11.6 Å². The van der Waals surface area contributed by atoms with E-state index in [0.29, 0.717) is 16.4 Å². The van der Waals surface area contributed by atoms with Crippen LogP contribution in [0.15, 0.2) is 28.4 Å². The number of thioether (sulfide) groups is 1.